The fourth-order valence-electron chi connectivity index (χ4n) is 0. The first-order chi connectivity index (χ1) is 8.00. The first-order valence-electron chi connectivity index (χ1n) is 2.47. The van der Waals surface area contributed by atoms with Gasteiger partial charge >= 0.3 is 19.5 Å². The Morgan fingerprint density at radius 2 is 0.238 bits per heavy atom. The normalized spacial score (nSPS) is 11.4. The zero-order valence-corrected chi connectivity index (χ0v) is 18.8. The van der Waals surface area contributed by atoms with E-state index in [-0.39, 0.29) is 19.5 Å². The molecule has 0 radical (unpaired) electrons. The Balaban J connectivity index is -0.0000000533. The van der Waals surface area contributed by atoms with E-state index in [1.807, 2.05) is 0 Å². The molecule has 21 heteroatoms. The third kappa shape index (κ3) is 1190. The summed E-state index contributed by atoms with van der Waals surface area (Å²) in [6.07, 6.45) is 0. The summed E-state index contributed by atoms with van der Waals surface area (Å²) < 4.78 is 138. The van der Waals surface area contributed by atoms with Crippen LogP contribution in [0.2, 0.25) is 0 Å². The van der Waals surface area contributed by atoms with E-state index in [9.17, 15) is 0 Å². The van der Waals surface area contributed by atoms with Crippen molar-refractivity contribution in [1.29, 1.82) is 0 Å². The first kappa shape index (κ1) is 35.1. The largest absolute Gasteiger partial charge is 4.00 e. The predicted molar refractivity (Wildman–Crippen MR) is 0 cm³/mol. The Labute approximate surface area is 152 Å². The van der Waals surface area contributed by atoms with Gasteiger partial charge in [-0.1, -0.05) is 0 Å². The van der Waals surface area contributed by atoms with Crippen molar-refractivity contribution in [3.8, 4) is 0 Å². The maximum absolute atomic E-state index is 8.62. The molecule has 0 bridgehead atoms. The van der Waals surface area contributed by atoms with Gasteiger partial charge in [-0.25, -0.2) is 0 Å². The molecule has 16 nitrogen and oxygen atoms in total. The molecule has 0 aromatic heterocycles. The maximum atomic E-state index is 8.62. The quantitative estimate of drug-likeness (QED) is 0.161. The number of hydrogen-bond acceptors (Lipinski definition) is 16. The van der Waals surface area contributed by atoms with Crippen molar-refractivity contribution in [3.05, 3.63) is 0 Å². The summed E-state index contributed by atoms with van der Waals surface area (Å²) in [5.74, 6) is 0. The molecule has 132 valence electrons. The predicted octanol–water partition coefficient (Wildman–Crippen LogP) is -31.0. The molecule has 0 rings (SSSR count). The Morgan fingerprint density at radius 1 is 0.238 bits per heavy atom. The van der Waals surface area contributed by atoms with E-state index in [2.05, 4.69) is 0 Å². The number of rotatable bonds is 0. The number of hydrogen-bond donors (Lipinski definition) is 0. The monoisotopic (exact) mass is 865 g/mol. The maximum Gasteiger partial charge on any atom is 4.00 e. The fourth-order valence-corrected chi connectivity index (χ4v) is 0. The average Bonchev–Trinajstić information content (AvgIpc) is 1.62. The summed E-state index contributed by atoms with van der Waals surface area (Å²) in [5.41, 5.74) is 0. The van der Waals surface area contributed by atoms with Crippen LogP contribution in [-0.4, -0.2) is 0 Å². The molecule has 0 atom stereocenters. The SMILES string of the molecule is [O-][I+3]([O-])([O-])[O-].[O-][I+3]([O-])([O-])[O-].[O-][I+3]([O-])([O-])[O-].[O-][I+3]([O-])([O-])[O-].[Ru+4]. The minimum atomic E-state index is -5.94. The molecule has 0 aliphatic heterocycles. The first-order valence-corrected chi connectivity index (χ1v) is 16.6. The summed E-state index contributed by atoms with van der Waals surface area (Å²) >= 11 is -23.8. The van der Waals surface area contributed by atoms with Gasteiger partial charge in [-0.15, -0.1) is 0 Å². The molecule has 0 saturated carbocycles. The Kier molecular flexibility index (Phi) is 25.4. The van der Waals surface area contributed by atoms with E-state index in [0.29, 0.717) is 0 Å². The summed E-state index contributed by atoms with van der Waals surface area (Å²) in [6.45, 7) is 0. The van der Waals surface area contributed by atoms with Crippen LogP contribution in [-0.2, 0) is 19.5 Å². The van der Waals surface area contributed by atoms with Gasteiger partial charge < -0.3 is 0 Å². The molecule has 0 aromatic carbocycles. The van der Waals surface area contributed by atoms with Crippen LogP contribution in [0.4, 0.5) is 0 Å². The second kappa shape index (κ2) is 15.2. The standard InChI is InChI=1S/4IO4.Ru/c4*2-1(3,4)5;/q4*-1;+4. The minimum absolute atomic E-state index is 0. The molecule has 0 fully saturated rings. The van der Waals surface area contributed by atoms with Crippen LogP contribution >= 0.6 is 0 Å². The molecule has 0 unspecified atom stereocenters. The topological polar surface area (TPSA) is 369 Å². The van der Waals surface area contributed by atoms with Crippen molar-refractivity contribution < 1.29 is 155 Å². The van der Waals surface area contributed by atoms with Crippen molar-refractivity contribution in [2.45, 2.75) is 0 Å². The van der Waals surface area contributed by atoms with Crippen molar-refractivity contribution in [1.82, 2.24) is 0 Å². The molecule has 0 aliphatic carbocycles. The Hall–Kier alpha value is 2.90. The van der Waals surface area contributed by atoms with Gasteiger partial charge in [0.2, 0.25) is 0 Å². The fraction of sp³-hybridized carbons (Fsp3) is 0. The van der Waals surface area contributed by atoms with Gasteiger partial charge in [-0.2, -0.15) is 0 Å². The molecular weight excluding hydrogens is 865 g/mol. The van der Waals surface area contributed by atoms with Crippen LogP contribution in [0.1, 0.15) is 0 Å². The zero-order valence-electron chi connectivity index (χ0n) is 8.40. The van der Waals surface area contributed by atoms with Crippen molar-refractivity contribution >= 4 is 0 Å². The van der Waals surface area contributed by atoms with E-state index in [1.165, 1.54) is 0 Å². The van der Waals surface area contributed by atoms with Gasteiger partial charge in [0.25, 0.3) is 0 Å². The van der Waals surface area contributed by atoms with Gasteiger partial charge in [0.15, 0.2) is 0 Å². The van der Waals surface area contributed by atoms with Crippen LogP contribution in [0.25, 0.3) is 0 Å². The average molecular weight is 865 g/mol. The summed E-state index contributed by atoms with van der Waals surface area (Å²) in [6, 6.07) is 0. The van der Waals surface area contributed by atoms with E-state index >= 15 is 0 Å². The smallest absolute Gasteiger partial charge is 0.286 e. The molecule has 0 N–H and O–H groups in total. The Morgan fingerprint density at radius 3 is 0.238 bits per heavy atom. The number of halogens is 4. The van der Waals surface area contributed by atoms with E-state index < -0.39 is 80.4 Å². The molecule has 0 aliphatic rings. The summed E-state index contributed by atoms with van der Waals surface area (Å²) in [4.78, 5) is 0. The van der Waals surface area contributed by atoms with Gasteiger partial charge in [0, 0.05) is 0 Å². The van der Waals surface area contributed by atoms with Gasteiger partial charge in [-0.3, -0.25) is 55.0 Å². The molecule has 0 saturated heterocycles. The summed E-state index contributed by atoms with van der Waals surface area (Å²) in [5, 5.41) is 0. The third-order valence-electron chi connectivity index (χ3n) is 0. The van der Waals surface area contributed by atoms with Crippen molar-refractivity contribution in [3.63, 3.8) is 0 Å². The third-order valence-corrected chi connectivity index (χ3v) is 0. The van der Waals surface area contributed by atoms with E-state index in [1.54, 1.807) is 0 Å². The second-order valence-corrected chi connectivity index (χ2v) is 10.1. The molecule has 0 spiro atoms. The van der Waals surface area contributed by atoms with Crippen LogP contribution in [0.15, 0.2) is 0 Å². The molecule has 0 aromatic rings. The van der Waals surface area contributed by atoms with E-state index in [4.69, 9.17) is 55.0 Å². The van der Waals surface area contributed by atoms with Gasteiger partial charge in [-0.05, 0) is 0 Å². The van der Waals surface area contributed by atoms with E-state index in [0.717, 1.165) is 0 Å². The van der Waals surface area contributed by atoms with Crippen LogP contribution in [0.3, 0.4) is 0 Å². The zero-order chi connectivity index (χ0) is 18.0. The van der Waals surface area contributed by atoms with Crippen molar-refractivity contribution in [2.75, 3.05) is 0 Å². The molecule has 21 heavy (non-hydrogen) atoms. The van der Waals surface area contributed by atoms with Crippen LogP contribution < -0.4 is 135 Å². The van der Waals surface area contributed by atoms with Crippen molar-refractivity contribution in [2.24, 2.45) is 0 Å². The minimum Gasteiger partial charge on any atom is -0.286 e. The second-order valence-electron chi connectivity index (χ2n) is 1.51. The van der Waals surface area contributed by atoms with Crippen LogP contribution in [0, 0.1) is 0 Å². The molecular formula is I4O16Ru. The van der Waals surface area contributed by atoms with Crippen LogP contribution in [0.5, 0.6) is 0 Å². The van der Waals surface area contributed by atoms with Gasteiger partial charge in [0.1, 0.15) is 80.4 Å². The molecule has 0 amide bonds. The summed E-state index contributed by atoms with van der Waals surface area (Å²) in [7, 11) is 0. The molecule has 0 heterocycles. The Bertz CT molecular complexity index is 130. The van der Waals surface area contributed by atoms with Gasteiger partial charge in [0.05, 0.1) is 0 Å².